The van der Waals surface area contributed by atoms with Crippen molar-refractivity contribution in [2.45, 2.75) is 32.7 Å². The molecule has 0 bridgehead atoms. The van der Waals surface area contributed by atoms with Crippen molar-refractivity contribution in [3.63, 3.8) is 0 Å². The second-order valence-electron chi connectivity index (χ2n) is 5.19. The topological polar surface area (TPSA) is 83.5 Å². The molecule has 1 unspecified atom stereocenters. The van der Waals surface area contributed by atoms with Gasteiger partial charge in [0.25, 0.3) is 0 Å². The molecule has 1 aromatic carbocycles. The van der Waals surface area contributed by atoms with E-state index in [-0.39, 0.29) is 18.1 Å². The van der Waals surface area contributed by atoms with Crippen molar-refractivity contribution in [1.29, 1.82) is 0 Å². The maximum atomic E-state index is 11.9. The number of aryl methyl sites for hydroxylation is 1. The third-order valence-corrected chi connectivity index (χ3v) is 4.21. The molecule has 1 aromatic rings. The highest BCUT2D eigenvalue weighted by Gasteiger charge is 2.24. The molecule has 0 fully saturated rings. The molecule has 0 aromatic heterocycles. The predicted molar refractivity (Wildman–Crippen MR) is 77.9 cm³/mol. The van der Waals surface area contributed by atoms with E-state index in [4.69, 9.17) is 5.11 Å². The lowest BCUT2D eigenvalue weighted by Gasteiger charge is -2.16. The highest BCUT2D eigenvalue weighted by Crippen LogP contribution is 2.07. The van der Waals surface area contributed by atoms with Gasteiger partial charge in [0.1, 0.15) is 6.04 Å². The number of nitrogens with one attached hydrogen (secondary N) is 1. The molecule has 1 rings (SSSR count). The zero-order valence-electron chi connectivity index (χ0n) is 11.7. The number of hydrogen-bond donors (Lipinski definition) is 2. The number of carboxylic acids is 1. The zero-order chi connectivity index (χ0) is 15.2. The van der Waals surface area contributed by atoms with Crippen LogP contribution in [0.15, 0.2) is 30.3 Å². The summed E-state index contributed by atoms with van der Waals surface area (Å²) in [5.74, 6) is -1.14. The van der Waals surface area contributed by atoms with E-state index < -0.39 is 22.0 Å². The molecule has 0 amide bonds. The average molecular weight is 299 g/mol. The molecule has 0 aliphatic heterocycles. The van der Waals surface area contributed by atoms with Gasteiger partial charge >= 0.3 is 5.97 Å². The van der Waals surface area contributed by atoms with Gasteiger partial charge in [-0.3, -0.25) is 4.79 Å². The molecule has 112 valence electrons. The molecular weight excluding hydrogens is 278 g/mol. The maximum Gasteiger partial charge on any atom is 0.321 e. The van der Waals surface area contributed by atoms with Crippen LogP contribution in [0.25, 0.3) is 0 Å². The molecule has 20 heavy (non-hydrogen) atoms. The summed E-state index contributed by atoms with van der Waals surface area (Å²) in [4.78, 5) is 11.1. The van der Waals surface area contributed by atoms with Gasteiger partial charge in [-0.25, -0.2) is 13.1 Å². The minimum atomic E-state index is -3.60. The smallest absolute Gasteiger partial charge is 0.321 e. The van der Waals surface area contributed by atoms with Gasteiger partial charge in [0.05, 0.1) is 5.75 Å². The van der Waals surface area contributed by atoms with Crippen LogP contribution in [-0.2, 0) is 21.2 Å². The molecule has 0 aliphatic carbocycles. The van der Waals surface area contributed by atoms with Crippen molar-refractivity contribution in [2.75, 3.05) is 5.75 Å². The minimum Gasteiger partial charge on any atom is -0.480 e. The number of carbonyl (C=O) groups is 1. The monoisotopic (exact) mass is 299 g/mol. The van der Waals surface area contributed by atoms with E-state index in [2.05, 4.69) is 4.72 Å². The first-order valence-electron chi connectivity index (χ1n) is 6.57. The molecule has 0 aliphatic rings. The number of sulfonamides is 1. The number of aliphatic carboxylic acids is 1. The molecule has 5 nitrogen and oxygen atoms in total. The number of carboxylic acid groups (broad SMARTS) is 1. The van der Waals surface area contributed by atoms with E-state index >= 15 is 0 Å². The van der Waals surface area contributed by atoms with Gasteiger partial charge in [0.2, 0.25) is 10.0 Å². The molecule has 0 saturated heterocycles. The molecule has 6 heteroatoms. The van der Waals surface area contributed by atoms with E-state index in [1.807, 2.05) is 44.2 Å². The molecule has 0 radical (unpaired) electrons. The van der Waals surface area contributed by atoms with E-state index in [9.17, 15) is 13.2 Å². The van der Waals surface area contributed by atoms with Gasteiger partial charge in [-0.15, -0.1) is 0 Å². The highest BCUT2D eigenvalue weighted by molar-refractivity contribution is 7.89. The Bertz CT molecular complexity index is 525. The van der Waals surface area contributed by atoms with Crippen molar-refractivity contribution < 1.29 is 18.3 Å². The Kier molecular flexibility index (Phi) is 6.16. The van der Waals surface area contributed by atoms with E-state index in [0.29, 0.717) is 6.42 Å². The fraction of sp³-hybridized carbons (Fsp3) is 0.500. The van der Waals surface area contributed by atoms with Crippen LogP contribution in [0, 0.1) is 5.92 Å². The lowest BCUT2D eigenvalue weighted by Crippen LogP contribution is -2.42. The Hall–Kier alpha value is -1.40. The largest absolute Gasteiger partial charge is 0.480 e. The molecule has 0 spiro atoms. The number of hydrogen-bond acceptors (Lipinski definition) is 3. The van der Waals surface area contributed by atoms with Gasteiger partial charge in [0, 0.05) is 0 Å². The van der Waals surface area contributed by atoms with Gasteiger partial charge in [-0.1, -0.05) is 44.2 Å². The number of benzene rings is 1. The van der Waals surface area contributed by atoms with Crippen LogP contribution in [0.3, 0.4) is 0 Å². The first-order chi connectivity index (χ1) is 9.30. The first kappa shape index (κ1) is 16.7. The Balaban J connectivity index is 2.61. The average Bonchev–Trinajstić information content (AvgIpc) is 2.36. The Morgan fingerprint density at radius 1 is 1.25 bits per heavy atom. The fourth-order valence-corrected chi connectivity index (χ4v) is 3.10. The van der Waals surface area contributed by atoms with Gasteiger partial charge in [-0.2, -0.15) is 0 Å². The quantitative estimate of drug-likeness (QED) is 0.764. The van der Waals surface area contributed by atoms with Crippen LogP contribution in [0.5, 0.6) is 0 Å². The standard InChI is InChI=1S/C14H21NO4S/c1-11(2)10-13(14(16)17)15-20(18,19)9-8-12-6-4-3-5-7-12/h3-7,11,13,15H,8-10H2,1-2H3,(H,16,17). The van der Waals surface area contributed by atoms with Gasteiger partial charge in [0.15, 0.2) is 0 Å². The summed E-state index contributed by atoms with van der Waals surface area (Å²) in [5, 5.41) is 9.04. The summed E-state index contributed by atoms with van der Waals surface area (Å²) in [7, 11) is -3.60. The van der Waals surface area contributed by atoms with Crippen LogP contribution >= 0.6 is 0 Å². The van der Waals surface area contributed by atoms with Gasteiger partial charge < -0.3 is 5.11 Å². The third kappa shape index (κ3) is 6.16. The Morgan fingerprint density at radius 2 is 1.85 bits per heavy atom. The van der Waals surface area contributed by atoms with Crippen molar-refractivity contribution in [3.8, 4) is 0 Å². The summed E-state index contributed by atoms with van der Waals surface area (Å²) < 4.78 is 26.1. The Labute approximate surface area is 120 Å². The summed E-state index contributed by atoms with van der Waals surface area (Å²) in [6.07, 6.45) is 0.643. The third-order valence-electron chi connectivity index (χ3n) is 2.83. The van der Waals surface area contributed by atoms with Crippen molar-refractivity contribution >= 4 is 16.0 Å². The molecular formula is C14H21NO4S. The second-order valence-corrected chi connectivity index (χ2v) is 7.07. The summed E-state index contributed by atoms with van der Waals surface area (Å²) in [5.41, 5.74) is 0.911. The van der Waals surface area contributed by atoms with Crippen LogP contribution in [-0.4, -0.2) is 31.3 Å². The van der Waals surface area contributed by atoms with E-state index in [0.717, 1.165) is 5.56 Å². The van der Waals surface area contributed by atoms with Crippen molar-refractivity contribution in [3.05, 3.63) is 35.9 Å². The Morgan fingerprint density at radius 3 is 2.35 bits per heavy atom. The zero-order valence-corrected chi connectivity index (χ0v) is 12.6. The maximum absolute atomic E-state index is 11.9. The summed E-state index contributed by atoms with van der Waals surface area (Å²) >= 11 is 0. The summed E-state index contributed by atoms with van der Waals surface area (Å²) in [6.45, 7) is 3.71. The second kappa shape index (κ2) is 7.40. The normalized spacial score (nSPS) is 13.3. The highest BCUT2D eigenvalue weighted by atomic mass is 32.2. The van der Waals surface area contributed by atoms with E-state index in [1.165, 1.54) is 0 Å². The van der Waals surface area contributed by atoms with Crippen molar-refractivity contribution in [2.24, 2.45) is 5.92 Å². The fourth-order valence-electron chi connectivity index (χ4n) is 1.84. The minimum absolute atomic E-state index is 0.105. The van der Waals surface area contributed by atoms with E-state index in [1.54, 1.807) is 0 Å². The van der Waals surface area contributed by atoms with Crippen LogP contribution in [0.1, 0.15) is 25.8 Å². The predicted octanol–water partition coefficient (Wildman–Crippen LogP) is 1.65. The summed E-state index contributed by atoms with van der Waals surface area (Å²) in [6, 6.07) is 8.18. The lowest BCUT2D eigenvalue weighted by atomic mass is 10.1. The first-order valence-corrected chi connectivity index (χ1v) is 8.22. The number of rotatable bonds is 8. The van der Waals surface area contributed by atoms with Crippen molar-refractivity contribution in [1.82, 2.24) is 4.72 Å². The van der Waals surface area contributed by atoms with Crippen LogP contribution in [0.4, 0.5) is 0 Å². The van der Waals surface area contributed by atoms with Crippen LogP contribution in [0.2, 0.25) is 0 Å². The lowest BCUT2D eigenvalue weighted by molar-refractivity contribution is -0.139. The SMILES string of the molecule is CC(C)CC(NS(=O)(=O)CCc1ccccc1)C(=O)O. The molecule has 0 saturated carbocycles. The molecule has 0 heterocycles. The van der Waals surface area contributed by atoms with Gasteiger partial charge in [-0.05, 0) is 24.3 Å². The van der Waals surface area contributed by atoms with Crippen LogP contribution < -0.4 is 4.72 Å². The molecule has 2 N–H and O–H groups in total. The molecule has 1 atom stereocenters.